The first-order valence-corrected chi connectivity index (χ1v) is 6.75. The second kappa shape index (κ2) is 6.14. The Morgan fingerprint density at radius 3 is 2.67 bits per heavy atom. The third kappa shape index (κ3) is 3.19. The molecule has 1 aromatic carbocycles. The summed E-state index contributed by atoms with van der Waals surface area (Å²) in [6.07, 6.45) is 1.56. The molecular formula is C13H16BrN3O. The summed E-state index contributed by atoms with van der Waals surface area (Å²) >= 11 is 3.59. The van der Waals surface area contributed by atoms with Crippen molar-refractivity contribution in [3.8, 4) is 0 Å². The Morgan fingerprint density at radius 1 is 1.33 bits per heavy atom. The molecule has 0 N–H and O–H groups in total. The molecule has 1 aliphatic rings. The number of likely N-dealkylation sites (N-methyl/N-ethyl adjacent to an activating group) is 1. The van der Waals surface area contributed by atoms with Crippen LogP contribution in [0, 0.1) is 0 Å². The maximum Gasteiger partial charge on any atom is 0.235 e. The van der Waals surface area contributed by atoms with E-state index in [2.05, 4.69) is 43.8 Å². The third-order valence-corrected chi connectivity index (χ3v) is 3.82. The van der Waals surface area contributed by atoms with Crippen molar-refractivity contribution in [2.75, 3.05) is 38.1 Å². The van der Waals surface area contributed by atoms with Crippen molar-refractivity contribution >= 4 is 27.7 Å². The molecule has 0 bridgehead atoms. The topological polar surface area (TPSA) is 35.9 Å². The van der Waals surface area contributed by atoms with Gasteiger partial charge in [0.05, 0.1) is 12.2 Å². The molecule has 0 aromatic heterocycles. The van der Waals surface area contributed by atoms with Crippen LogP contribution in [0.15, 0.2) is 27.7 Å². The van der Waals surface area contributed by atoms with Crippen molar-refractivity contribution in [1.82, 2.24) is 4.90 Å². The first-order valence-electron chi connectivity index (χ1n) is 5.96. The van der Waals surface area contributed by atoms with Crippen LogP contribution in [0.1, 0.15) is 5.56 Å². The van der Waals surface area contributed by atoms with Gasteiger partial charge >= 0.3 is 0 Å². The highest BCUT2D eigenvalue weighted by atomic mass is 79.9. The van der Waals surface area contributed by atoms with Crippen molar-refractivity contribution < 1.29 is 4.79 Å². The van der Waals surface area contributed by atoms with Gasteiger partial charge in [-0.1, -0.05) is 6.07 Å². The van der Waals surface area contributed by atoms with Gasteiger partial charge in [0.15, 0.2) is 0 Å². The minimum Gasteiger partial charge on any atom is -0.368 e. The summed E-state index contributed by atoms with van der Waals surface area (Å²) < 4.78 is 1.06. The molecule has 1 heterocycles. The standard InChI is InChI=1S/C13H16BrN3O/c1-16-4-6-17(7-5-16)13-3-2-11(8-12(13)14)9-15-10-18/h2-3,8H,4-7,9H2,1H3. The zero-order chi connectivity index (χ0) is 13.0. The summed E-state index contributed by atoms with van der Waals surface area (Å²) in [5.41, 5.74) is 2.23. The number of benzene rings is 1. The van der Waals surface area contributed by atoms with Gasteiger partial charge in [-0.25, -0.2) is 9.79 Å². The number of anilines is 1. The molecule has 1 aliphatic heterocycles. The Labute approximate surface area is 115 Å². The van der Waals surface area contributed by atoms with Crippen LogP contribution in [0.25, 0.3) is 0 Å². The Bertz CT molecular complexity index is 463. The largest absolute Gasteiger partial charge is 0.368 e. The van der Waals surface area contributed by atoms with E-state index in [1.165, 1.54) is 5.69 Å². The molecule has 0 aliphatic carbocycles. The molecule has 0 amide bonds. The molecule has 4 nitrogen and oxygen atoms in total. The van der Waals surface area contributed by atoms with Gasteiger partial charge in [-0.15, -0.1) is 0 Å². The fourth-order valence-electron chi connectivity index (χ4n) is 2.08. The van der Waals surface area contributed by atoms with Gasteiger partial charge in [-0.2, -0.15) is 0 Å². The minimum absolute atomic E-state index is 0.394. The highest BCUT2D eigenvalue weighted by Crippen LogP contribution is 2.28. The van der Waals surface area contributed by atoms with E-state index in [1.54, 1.807) is 6.08 Å². The molecule has 18 heavy (non-hydrogen) atoms. The molecule has 1 fully saturated rings. The van der Waals surface area contributed by atoms with Crippen molar-refractivity contribution in [3.05, 3.63) is 28.2 Å². The van der Waals surface area contributed by atoms with Crippen LogP contribution in [0.4, 0.5) is 5.69 Å². The Morgan fingerprint density at radius 2 is 2.06 bits per heavy atom. The van der Waals surface area contributed by atoms with E-state index in [-0.39, 0.29) is 0 Å². The van der Waals surface area contributed by atoms with Crippen LogP contribution >= 0.6 is 15.9 Å². The molecule has 0 atom stereocenters. The van der Waals surface area contributed by atoms with E-state index in [0.717, 1.165) is 36.2 Å². The van der Waals surface area contributed by atoms with E-state index < -0.39 is 0 Å². The monoisotopic (exact) mass is 309 g/mol. The number of piperazine rings is 1. The summed E-state index contributed by atoms with van der Waals surface area (Å²) in [5.74, 6) is 0. The lowest BCUT2D eigenvalue weighted by molar-refractivity contribution is 0.312. The zero-order valence-electron chi connectivity index (χ0n) is 10.4. The summed E-state index contributed by atoms with van der Waals surface area (Å²) in [6.45, 7) is 4.65. The summed E-state index contributed by atoms with van der Waals surface area (Å²) in [4.78, 5) is 18.4. The molecular weight excluding hydrogens is 294 g/mol. The van der Waals surface area contributed by atoms with Gasteiger partial charge in [0.1, 0.15) is 0 Å². The average molecular weight is 310 g/mol. The molecule has 2 rings (SSSR count). The first kappa shape index (κ1) is 13.3. The number of hydrogen-bond acceptors (Lipinski definition) is 4. The molecule has 5 heteroatoms. The molecule has 1 aromatic rings. The van der Waals surface area contributed by atoms with Gasteiger partial charge in [0.2, 0.25) is 6.08 Å². The molecule has 0 radical (unpaired) electrons. The van der Waals surface area contributed by atoms with Crippen LogP contribution in [-0.2, 0) is 11.3 Å². The summed E-state index contributed by atoms with van der Waals surface area (Å²) in [7, 11) is 2.15. The third-order valence-electron chi connectivity index (χ3n) is 3.18. The maximum atomic E-state index is 10.1. The van der Waals surface area contributed by atoms with Crippen LogP contribution in [0.5, 0.6) is 0 Å². The lowest BCUT2D eigenvalue weighted by atomic mass is 10.2. The van der Waals surface area contributed by atoms with Gasteiger partial charge in [0.25, 0.3) is 0 Å². The number of aliphatic imine (C=N–C) groups is 1. The smallest absolute Gasteiger partial charge is 0.235 e. The molecule has 1 saturated heterocycles. The lowest BCUT2D eigenvalue weighted by Gasteiger charge is -2.34. The SMILES string of the molecule is CN1CCN(c2ccc(CN=C=O)cc2Br)CC1. The van der Waals surface area contributed by atoms with Gasteiger partial charge in [0, 0.05) is 30.7 Å². The van der Waals surface area contributed by atoms with Crippen LogP contribution in [0.2, 0.25) is 0 Å². The van der Waals surface area contributed by atoms with E-state index >= 15 is 0 Å². The van der Waals surface area contributed by atoms with Crippen LogP contribution in [-0.4, -0.2) is 44.2 Å². The number of hydrogen-bond donors (Lipinski definition) is 0. The van der Waals surface area contributed by atoms with Gasteiger partial charge < -0.3 is 9.80 Å². The van der Waals surface area contributed by atoms with Crippen molar-refractivity contribution in [2.45, 2.75) is 6.54 Å². The normalized spacial score (nSPS) is 16.4. The second-order valence-corrected chi connectivity index (χ2v) is 5.34. The zero-order valence-corrected chi connectivity index (χ0v) is 12.0. The molecule has 96 valence electrons. The lowest BCUT2D eigenvalue weighted by Crippen LogP contribution is -2.44. The Balaban J connectivity index is 2.11. The van der Waals surface area contributed by atoms with Gasteiger partial charge in [-0.3, -0.25) is 0 Å². The Kier molecular flexibility index (Phi) is 4.53. The minimum atomic E-state index is 0.394. The highest BCUT2D eigenvalue weighted by molar-refractivity contribution is 9.10. The maximum absolute atomic E-state index is 10.1. The molecule has 0 unspecified atom stereocenters. The van der Waals surface area contributed by atoms with Crippen molar-refractivity contribution in [1.29, 1.82) is 0 Å². The van der Waals surface area contributed by atoms with Crippen LogP contribution in [0.3, 0.4) is 0 Å². The first-order chi connectivity index (χ1) is 8.70. The summed E-state index contributed by atoms with van der Waals surface area (Å²) in [5, 5.41) is 0. The van der Waals surface area contributed by atoms with Crippen molar-refractivity contribution in [3.63, 3.8) is 0 Å². The van der Waals surface area contributed by atoms with E-state index in [0.29, 0.717) is 6.54 Å². The predicted molar refractivity (Wildman–Crippen MR) is 75.7 cm³/mol. The fraction of sp³-hybridized carbons (Fsp3) is 0.462. The fourth-order valence-corrected chi connectivity index (χ4v) is 2.75. The number of carbonyl (C=O) groups excluding carboxylic acids is 1. The Hall–Kier alpha value is -1.16. The molecule has 0 saturated carbocycles. The number of nitrogens with zero attached hydrogens (tertiary/aromatic N) is 3. The number of halogens is 1. The quantitative estimate of drug-likeness (QED) is 0.633. The van der Waals surface area contributed by atoms with Crippen molar-refractivity contribution in [2.24, 2.45) is 4.99 Å². The number of isocyanates is 1. The highest BCUT2D eigenvalue weighted by Gasteiger charge is 2.16. The second-order valence-electron chi connectivity index (χ2n) is 4.48. The average Bonchev–Trinajstić information content (AvgIpc) is 2.38. The summed E-state index contributed by atoms with van der Waals surface area (Å²) in [6, 6.07) is 6.12. The number of rotatable bonds is 3. The van der Waals surface area contributed by atoms with E-state index in [4.69, 9.17) is 0 Å². The van der Waals surface area contributed by atoms with Crippen LogP contribution < -0.4 is 4.90 Å². The molecule has 0 spiro atoms. The van der Waals surface area contributed by atoms with E-state index in [1.807, 2.05) is 12.1 Å². The predicted octanol–water partition coefficient (Wildman–Crippen LogP) is 2.04. The van der Waals surface area contributed by atoms with E-state index in [9.17, 15) is 4.79 Å². The van der Waals surface area contributed by atoms with Gasteiger partial charge in [-0.05, 0) is 40.7 Å².